The standard InChI is InChI=1S/C12H15N7/c1-7-3-8(2)19-11(17-18-12(19)16-7)10(13)4-9-5-14-6-15-9/h3,5-6,10H,4,13H2,1-2H3,(H,14,15). The second-order valence-corrected chi connectivity index (χ2v) is 4.62. The number of rotatable bonds is 3. The van der Waals surface area contributed by atoms with Gasteiger partial charge in [-0.05, 0) is 19.9 Å². The topological polar surface area (TPSA) is 97.8 Å². The number of nitrogens with one attached hydrogen (secondary N) is 1. The van der Waals surface area contributed by atoms with Crippen molar-refractivity contribution in [3.05, 3.63) is 41.5 Å². The molecule has 0 spiro atoms. The zero-order chi connectivity index (χ0) is 13.4. The van der Waals surface area contributed by atoms with Gasteiger partial charge in [0.2, 0.25) is 0 Å². The van der Waals surface area contributed by atoms with Crippen molar-refractivity contribution in [3.63, 3.8) is 0 Å². The van der Waals surface area contributed by atoms with Crippen LogP contribution in [0.2, 0.25) is 0 Å². The van der Waals surface area contributed by atoms with Crippen LogP contribution in [0.15, 0.2) is 18.6 Å². The third-order valence-corrected chi connectivity index (χ3v) is 3.04. The number of aromatic amines is 1. The van der Waals surface area contributed by atoms with Gasteiger partial charge in [-0.1, -0.05) is 0 Å². The Balaban J connectivity index is 2.01. The van der Waals surface area contributed by atoms with E-state index in [-0.39, 0.29) is 6.04 Å². The third-order valence-electron chi connectivity index (χ3n) is 3.04. The van der Waals surface area contributed by atoms with Crippen LogP contribution in [0.4, 0.5) is 0 Å². The van der Waals surface area contributed by atoms with Crippen LogP contribution in [0, 0.1) is 13.8 Å². The summed E-state index contributed by atoms with van der Waals surface area (Å²) >= 11 is 0. The van der Waals surface area contributed by atoms with Crippen molar-refractivity contribution in [1.29, 1.82) is 0 Å². The highest BCUT2D eigenvalue weighted by molar-refractivity contribution is 5.33. The van der Waals surface area contributed by atoms with E-state index >= 15 is 0 Å². The summed E-state index contributed by atoms with van der Waals surface area (Å²) in [6.45, 7) is 3.93. The van der Waals surface area contributed by atoms with Gasteiger partial charge in [-0.15, -0.1) is 10.2 Å². The van der Waals surface area contributed by atoms with Crippen molar-refractivity contribution in [1.82, 2.24) is 29.5 Å². The first-order chi connectivity index (χ1) is 9.15. The number of aryl methyl sites for hydroxylation is 2. The highest BCUT2D eigenvalue weighted by Crippen LogP contribution is 2.16. The van der Waals surface area contributed by atoms with E-state index in [9.17, 15) is 0 Å². The summed E-state index contributed by atoms with van der Waals surface area (Å²) in [5.41, 5.74) is 9.13. The van der Waals surface area contributed by atoms with E-state index in [2.05, 4.69) is 25.1 Å². The zero-order valence-corrected chi connectivity index (χ0v) is 10.8. The predicted molar refractivity (Wildman–Crippen MR) is 69.5 cm³/mol. The summed E-state index contributed by atoms with van der Waals surface area (Å²) in [6, 6.07) is 1.74. The summed E-state index contributed by atoms with van der Waals surface area (Å²) in [4.78, 5) is 11.4. The molecule has 0 saturated heterocycles. The smallest absolute Gasteiger partial charge is 0.255 e. The predicted octanol–water partition coefficient (Wildman–Crippen LogP) is 0.707. The number of nitrogens with zero attached hydrogens (tertiary/aromatic N) is 5. The van der Waals surface area contributed by atoms with E-state index in [0.717, 1.165) is 22.9 Å². The van der Waals surface area contributed by atoms with Crippen molar-refractivity contribution in [2.75, 3.05) is 0 Å². The van der Waals surface area contributed by atoms with Crippen molar-refractivity contribution >= 4 is 5.78 Å². The van der Waals surface area contributed by atoms with Gasteiger partial charge in [0.15, 0.2) is 5.82 Å². The molecule has 1 atom stereocenters. The number of hydrogen-bond acceptors (Lipinski definition) is 5. The van der Waals surface area contributed by atoms with Crippen molar-refractivity contribution < 1.29 is 0 Å². The summed E-state index contributed by atoms with van der Waals surface area (Å²) in [6.07, 6.45) is 4.03. The molecule has 0 saturated carbocycles. The lowest BCUT2D eigenvalue weighted by molar-refractivity contribution is 0.646. The third kappa shape index (κ3) is 2.08. The molecule has 0 aliphatic rings. The van der Waals surface area contributed by atoms with Crippen LogP contribution in [0.3, 0.4) is 0 Å². The van der Waals surface area contributed by atoms with E-state index < -0.39 is 0 Å². The Kier molecular flexibility index (Phi) is 2.75. The lowest BCUT2D eigenvalue weighted by Crippen LogP contribution is -2.18. The molecule has 3 aromatic rings. The highest BCUT2D eigenvalue weighted by atomic mass is 15.3. The van der Waals surface area contributed by atoms with Crippen LogP contribution in [0.5, 0.6) is 0 Å². The molecule has 0 radical (unpaired) electrons. The van der Waals surface area contributed by atoms with Gasteiger partial charge >= 0.3 is 0 Å². The van der Waals surface area contributed by atoms with E-state index in [1.165, 1.54) is 0 Å². The summed E-state index contributed by atoms with van der Waals surface area (Å²) in [5, 5.41) is 8.26. The number of fused-ring (bicyclic) bond motifs is 1. The highest BCUT2D eigenvalue weighted by Gasteiger charge is 2.17. The Hall–Kier alpha value is -2.28. The molecule has 0 amide bonds. The van der Waals surface area contributed by atoms with E-state index in [1.807, 2.05) is 24.3 Å². The number of nitrogens with two attached hydrogens (primary N) is 1. The fourth-order valence-corrected chi connectivity index (χ4v) is 2.22. The van der Waals surface area contributed by atoms with Crippen molar-refractivity contribution in [3.8, 4) is 0 Å². The van der Waals surface area contributed by atoms with Crippen LogP contribution in [-0.2, 0) is 6.42 Å². The van der Waals surface area contributed by atoms with Gasteiger partial charge in [0.25, 0.3) is 5.78 Å². The van der Waals surface area contributed by atoms with Crippen molar-refractivity contribution in [2.24, 2.45) is 5.73 Å². The van der Waals surface area contributed by atoms with Crippen LogP contribution >= 0.6 is 0 Å². The molecule has 1 unspecified atom stereocenters. The van der Waals surface area contributed by atoms with Gasteiger partial charge in [0.05, 0.1) is 12.4 Å². The molecule has 3 heterocycles. The van der Waals surface area contributed by atoms with Gasteiger partial charge in [-0.2, -0.15) is 0 Å². The number of H-pyrrole nitrogens is 1. The Bertz CT molecular complexity index is 698. The molecule has 19 heavy (non-hydrogen) atoms. The number of imidazole rings is 1. The SMILES string of the molecule is Cc1cc(C)n2c(C(N)Cc3cnc[nH]3)nnc2n1. The number of hydrogen-bond donors (Lipinski definition) is 2. The zero-order valence-electron chi connectivity index (χ0n) is 10.8. The van der Waals surface area contributed by atoms with Crippen LogP contribution < -0.4 is 5.73 Å². The molecule has 0 aliphatic heterocycles. The fourth-order valence-electron chi connectivity index (χ4n) is 2.22. The summed E-state index contributed by atoms with van der Waals surface area (Å²) < 4.78 is 1.90. The van der Waals surface area contributed by atoms with Crippen LogP contribution in [0.1, 0.15) is 28.9 Å². The van der Waals surface area contributed by atoms with Gasteiger partial charge in [0, 0.05) is 29.7 Å². The molecule has 3 rings (SSSR count). The van der Waals surface area contributed by atoms with Crippen LogP contribution in [0.25, 0.3) is 5.78 Å². The molecule has 7 heteroatoms. The molecule has 0 fully saturated rings. The molecule has 0 bridgehead atoms. The molecular weight excluding hydrogens is 242 g/mol. The van der Waals surface area contributed by atoms with Gasteiger partial charge < -0.3 is 10.7 Å². The van der Waals surface area contributed by atoms with E-state index in [0.29, 0.717) is 12.2 Å². The Morgan fingerprint density at radius 3 is 2.95 bits per heavy atom. The summed E-state index contributed by atoms with van der Waals surface area (Å²) in [7, 11) is 0. The first-order valence-corrected chi connectivity index (χ1v) is 6.07. The second-order valence-electron chi connectivity index (χ2n) is 4.62. The first kappa shape index (κ1) is 11.8. The normalized spacial score (nSPS) is 13.0. The lowest BCUT2D eigenvalue weighted by atomic mass is 10.1. The molecule has 0 aliphatic carbocycles. The van der Waals surface area contributed by atoms with Gasteiger partial charge in [-0.25, -0.2) is 9.97 Å². The monoisotopic (exact) mass is 257 g/mol. The maximum absolute atomic E-state index is 6.20. The Morgan fingerprint density at radius 1 is 1.37 bits per heavy atom. The Labute approximate surface area is 109 Å². The minimum absolute atomic E-state index is 0.251. The second kappa shape index (κ2) is 4.43. The molecule has 3 aromatic heterocycles. The molecular formula is C12H15N7. The quantitative estimate of drug-likeness (QED) is 0.720. The average molecular weight is 257 g/mol. The maximum Gasteiger partial charge on any atom is 0.255 e. The molecule has 98 valence electrons. The molecule has 7 nitrogen and oxygen atoms in total. The maximum atomic E-state index is 6.20. The van der Waals surface area contributed by atoms with Crippen LogP contribution in [-0.4, -0.2) is 29.5 Å². The van der Waals surface area contributed by atoms with Gasteiger partial charge in [0.1, 0.15) is 0 Å². The van der Waals surface area contributed by atoms with E-state index in [1.54, 1.807) is 12.5 Å². The summed E-state index contributed by atoms with van der Waals surface area (Å²) in [5.74, 6) is 1.31. The first-order valence-electron chi connectivity index (χ1n) is 6.07. The molecule has 0 aromatic carbocycles. The Morgan fingerprint density at radius 2 is 2.21 bits per heavy atom. The largest absolute Gasteiger partial charge is 0.348 e. The van der Waals surface area contributed by atoms with Crippen molar-refractivity contribution in [2.45, 2.75) is 26.3 Å². The van der Waals surface area contributed by atoms with Gasteiger partial charge in [-0.3, -0.25) is 4.40 Å². The minimum Gasteiger partial charge on any atom is -0.348 e. The fraction of sp³-hybridized carbons (Fsp3) is 0.333. The average Bonchev–Trinajstić information content (AvgIpc) is 2.97. The van der Waals surface area contributed by atoms with E-state index in [4.69, 9.17) is 5.73 Å². The minimum atomic E-state index is -0.251. The lowest BCUT2D eigenvalue weighted by Gasteiger charge is -2.10. The number of aromatic nitrogens is 6. The molecule has 3 N–H and O–H groups in total.